The molecule has 2 atom stereocenters. The molecular weight excluding hydrogens is 304 g/mol. The largest absolute Gasteiger partial charge is 0.318 e. The molecule has 1 fully saturated rings. The van der Waals surface area contributed by atoms with E-state index in [1.165, 1.54) is 12.1 Å². The van der Waals surface area contributed by atoms with E-state index in [0.717, 1.165) is 12.4 Å². The molecule has 2 aromatic rings. The summed E-state index contributed by atoms with van der Waals surface area (Å²) in [6.07, 6.45) is 2.21. The number of nitrogens with zero attached hydrogens (tertiary/aromatic N) is 3. The molecule has 0 spiro atoms. The molecule has 0 saturated heterocycles. The van der Waals surface area contributed by atoms with Crippen LogP contribution in [0.15, 0.2) is 41.6 Å². The number of aromatic nitrogens is 3. The van der Waals surface area contributed by atoms with Gasteiger partial charge in [0.1, 0.15) is 12.2 Å². The first-order valence-corrected chi connectivity index (χ1v) is 8.50. The van der Waals surface area contributed by atoms with Gasteiger partial charge in [-0.1, -0.05) is 18.2 Å². The summed E-state index contributed by atoms with van der Waals surface area (Å²) in [5, 5.41) is 7.85. The zero-order valence-corrected chi connectivity index (χ0v) is 12.8. The summed E-state index contributed by atoms with van der Waals surface area (Å²) in [5.74, 6) is -0.180. The number of benzene rings is 1. The van der Waals surface area contributed by atoms with Gasteiger partial charge in [-0.15, -0.1) is 10.2 Å². The Bertz CT molecular complexity index is 785. The van der Waals surface area contributed by atoms with Gasteiger partial charge in [-0.3, -0.25) is 4.79 Å². The van der Waals surface area contributed by atoms with Gasteiger partial charge in [0, 0.05) is 18.4 Å². The van der Waals surface area contributed by atoms with E-state index in [2.05, 4.69) is 14.9 Å². The molecule has 1 saturated carbocycles. The third-order valence-electron chi connectivity index (χ3n) is 3.73. The van der Waals surface area contributed by atoms with Crippen molar-refractivity contribution in [2.75, 3.05) is 0 Å². The van der Waals surface area contributed by atoms with Crippen LogP contribution in [0.5, 0.6) is 0 Å². The van der Waals surface area contributed by atoms with E-state index in [1.807, 2.05) is 11.5 Å². The van der Waals surface area contributed by atoms with Crippen LogP contribution in [-0.2, 0) is 21.4 Å². The molecule has 116 valence electrons. The molecule has 22 heavy (non-hydrogen) atoms. The fourth-order valence-electron chi connectivity index (χ4n) is 2.43. The first-order valence-electron chi connectivity index (χ1n) is 7.02. The minimum atomic E-state index is -3.81. The maximum atomic E-state index is 12.2. The molecule has 1 heterocycles. The van der Waals surface area contributed by atoms with Crippen molar-refractivity contribution in [1.82, 2.24) is 19.5 Å². The Morgan fingerprint density at radius 3 is 2.77 bits per heavy atom. The van der Waals surface area contributed by atoms with Crippen LogP contribution in [0.4, 0.5) is 0 Å². The summed E-state index contributed by atoms with van der Waals surface area (Å²) < 4.78 is 28.3. The first-order chi connectivity index (χ1) is 10.5. The van der Waals surface area contributed by atoms with E-state index in [9.17, 15) is 13.2 Å². The van der Waals surface area contributed by atoms with E-state index in [4.69, 9.17) is 0 Å². The van der Waals surface area contributed by atoms with Crippen LogP contribution in [0.1, 0.15) is 25.1 Å². The fourth-order valence-corrected chi connectivity index (χ4v) is 3.48. The van der Waals surface area contributed by atoms with E-state index in [-0.39, 0.29) is 16.7 Å². The molecule has 2 unspecified atom stereocenters. The number of hydrogen-bond acceptors (Lipinski definition) is 5. The molecule has 8 heteroatoms. The lowest BCUT2D eigenvalue weighted by Crippen LogP contribution is -2.32. The maximum Gasteiger partial charge on any atom is 0.264 e. The van der Waals surface area contributed by atoms with Crippen molar-refractivity contribution in [3.8, 4) is 0 Å². The second-order valence-corrected chi connectivity index (χ2v) is 6.89. The number of sulfonamides is 1. The van der Waals surface area contributed by atoms with Gasteiger partial charge in [0.05, 0.1) is 4.90 Å². The fraction of sp³-hybridized carbons (Fsp3) is 0.357. The summed E-state index contributed by atoms with van der Waals surface area (Å²) in [6, 6.07) is 7.85. The summed E-state index contributed by atoms with van der Waals surface area (Å²) in [6.45, 7) is 2.68. The monoisotopic (exact) mass is 320 g/mol. The highest BCUT2D eigenvalue weighted by Crippen LogP contribution is 2.46. The number of amides is 1. The minimum Gasteiger partial charge on any atom is -0.318 e. The van der Waals surface area contributed by atoms with Gasteiger partial charge in [-0.2, -0.15) is 0 Å². The van der Waals surface area contributed by atoms with E-state index in [0.29, 0.717) is 6.42 Å². The Labute approximate surface area is 128 Å². The molecule has 0 aliphatic heterocycles. The zero-order chi connectivity index (χ0) is 15.7. The number of carbonyl (C=O) groups excluding carboxylic acids is 1. The second kappa shape index (κ2) is 5.53. The highest BCUT2D eigenvalue weighted by molar-refractivity contribution is 7.90. The normalized spacial score (nSPS) is 20.6. The molecule has 1 N–H and O–H groups in total. The van der Waals surface area contributed by atoms with Crippen LogP contribution in [0.2, 0.25) is 0 Å². The number of aryl methyl sites for hydroxylation is 1. The van der Waals surface area contributed by atoms with Crippen molar-refractivity contribution in [3.05, 3.63) is 42.5 Å². The lowest BCUT2D eigenvalue weighted by molar-refractivity contribution is -0.120. The average molecular weight is 320 g/mol. The number of nitrogens with one attached hydrogen (secondary N) is 1. The first kappa shape index (κ1) is 14.7. The second-order valence-electron chi connectivity index (χ2n) is 5.21. The van der Waals surface area contributed by atoms with Gasteiger partial charge in [0.15, 0.2) is 0 Å². The summed E-state index contributed by atoms with van der Waals surface area (Å²) in [7, 11) is -3.81. The van der Waals surface area contributed by atoms with E-state index >= 15 is 0 Å². The van der Waals surface area contributed by atoms with Crippen LogP contribution < -0.4 is 4.72 Å². The molecular formula is C14H16N4O3S. The van der Waals surface area contributed by atoms with Crippen LogP contribution >= 0.6 is 0 Å². The number of rotatable bonds is 5. The Morgan fingerprint density at radius 1 is 1.36 bits per heavy atom. The predicted octanol–water partition coefficient (Wildman–Crippen LogP) is 0.907. The van der Waals surface area contributed by atoms with Crippen LogP contribution in [-0.4, -0.2) is 29.1 Å². The summed E-state index contributed by atoms with van der Waals surface area (Å²) >= 11 is 0. The van der Waals surface area contributed by atoms with Crippen molar-refractivity contribution >= 4 is 15.9 Å². The molecule has 0 bridgehead atoms. The third-order valence-corrected chi connectivity index (χ3v) is 5.10. The molecule has 1 aliphatic rings. The van der Waals surface area contributed by atoms with Crippen molar-refractivity contribution in [2.45, 2.75) is 30.7 Å². The van der Waals surface area contributed by atoms with Gasteiger partial charge >= 0.3 is 0 Å². The molecule has 1 amide bonds. The lowest BCUT2D eigenvalue weighted by atomic mass is 10.3. The molecule has 0 radical (unpaired) electrons. The number of carbonyl (C=O) groups is 1. The molecule has 1 aliphatic carbocycles. The van der Waals surface area contributed by atoms with E-state index in [1.54, 1.807) is 24.5 Å². The molecule has 1 aromatic carbocycles. The Balaban J connectivity index is 1.70. The minimum absolute atomic E-state index is 0.0616. The highest BCUT2D eigenvalue weighted by atomic mass is 32.2. The smallest absolute Gasteiger partial charge is 0.264 e. The van der Waals surface area contributed by atoms with Crippen LogP contribution in [0.3, 0.4) is 0 Å². The zero-order valence-electron chi connectivity index (χ0n) is 12.0. The predicted molar refractivity (Wildman–Crippen MR) is 78.3 cm³/mol. The lowest BCUT2D eigenvalue weighted by Gasteiger charge is -2.06. The van der Waals surface area contributed by atoms with Gasteiger partial charge in [-0.25, -0.2) is 13.1 Å². The third kappa shape index (κ3) is 2.74. The van der Waals surface area contributed by atoms with Crippen molar-refractivity contribution in [3.63, 3.8) is 0 Å². The van der Waals surface area contributed by atoms with Gasteiger partial charge in [0.25, 0.3) is 10.0 Å². The van der Waals surface area contributed by atoms with Crippen molar-refractivity contribution in [2.24, 2.45) is 5.92 Å². The van der Waals surface area contributed by atoms with Gasteiger partial charge in [0.2, 0.25) is 5.91 Å². The topological polar surface area (TPSA) is 93.9 Å². The van der Waals surface area contributed by atoms with Crippen LogP contribution in [0.25, 0.3) is 0 Å². The quantitative estimate of drug-likeness (QED) is 0.883. The standard InChI is InChI=1S/C14H16N4O3S/c1-2-18-9-15-16-13(18)11-8-12(11)14(19)17-22(20,21)10-6-4-3-5-7-10/h3-7,9,11-12H,2,8H2,1H3,(H,17,19). The highest BCUT2D eigenvalue weighted by Gasteiger charge is 2.47. The Hall–Kier alpha value is -2.22. The van der Waals surface area contributed by atoms with Crippen molar-refractivity contribution in [1.29, 1.82) is 0 Å². The SMILES string of the molecule is CCn1cnnc1C1CC1C(=O)NS(=O)(=O)c1ccccc1. The van der Waals surface area contributed by atoms with Gasteiger partial charge < -0.3 is 4.57 Å². The van der Waals surface area contributed by atoms with E-state index < -0.39 is 15.9 Å². The average Bonchev–Trinajstić information content (AvgIpc) is 3.17. The summed E-state index contributed by atoms with van der Waals surface area (Å²) in [5.41, 5.74) is 0. The Kier molecular flexibility index (Phi) is 3.69. The van der Waals surface area contributed by atoms with Crippen LogP contribution in [0, 0.1) is 5.92 Å². The number of hydrogen-bond donors (Lipinski definition) is 1. The molecule has 1 aromatic heterocycles. The Morgan fingerprint density at radius 2 is 2.09 bits per heavy atom. The van der Waals surface area contributed by atoms with Crippen molar-refractivity contribution < 1.29 is 13.2 Å². The maximum absolute atomic E-state index is 12.2. The summed E-state index contributed by atoms with van der Waals surface area (Å²) in [4.78, 5) is 12.2. The molecule has 7 nitrogen and oxygen atoms in total. The molecule has 3 rings (SSSR count). The van der Waals surface area contributed by atoms with Gasteiger partial charge in [-0.05, 0) is 25.5 Å².